The zero-order valence-corrected chi connectivity index (χ0v) is 25.9. The third kappa shape index (κ3) is 24.9. The molecule has 0 bridgehead atoms. The van der Waals surface area contributed by atoms with Crippen molar-refractivity contribution in [2.24, 2.45) is 0 Å². The van der Waals surface area contributed by atoms with Gasteiger partial charge in [0.2, 0.25) is 0 Å². The normalized spacial score (nSPS) is 12.4. The van der Waals surface area contributed by atoms with Gasteiger partial charge in [-0.3, -0.25) is 0 Å². The van der Waals surface area contributed by atoms with Gasteiger partial charge < -0.3 is 0 Å². The van der Waals surface area contributed by atoms with Gasteiger partial charge in [0.05, 0.1) is 0 Å². The molecule has 0 aliphatic rings. The van der Waals surface area contributed by atoms with Crippen LogP contribution in [0, 0.1) is 0 Å². The first-order valence-corrected chi connectivity index (χ1v) is 24.7. The Labute approximate surface area is 199 Å². The van der Waals surface area contributed by atoms with E-state index >= 15 is 0 Å². The van der Waals surface area contributed by atoms with Crippen molar-refractivity contribution in [3.05, 3.63) is 0 Å². The molecular formula is C27H62Si3. The Bertz CT molecular complexity index is 278. The molecule has 0 saturated heterocycles. The van der Waals surface area contributed by atoms with Gasteiger partial charge in [-0.15, -0.1) is 0 Å². The van der Waals surface area contributed by atoms with E-state index in [1.54, 1.807) is 56.7 Å². The summed E-state index contributed by atoms with van der Waals surface area (Å²) in [6, 6.07) is 5.26. The van der Waals surface area contributed by atoms with Crippen LogP contribution in [-0.2, 0) is 0 Å². The Morgan fingerprint density at radius 3 is 1.13 bits per heavy atom. The summed E-state index contributed by atoms with van der Waals surface area (Å²) in [5.41, 5.74) is 0. The Morgan fingerprint density at radius 2 is 0.733 bits per heavy atom. The van der Waals surface area contributed by atoms with Gasteiger partial charge in [0.1, 0.15) is 0 Å². The fraction of sp³-hybridized carbons (Fsp3) is 1.00. The van der Waals surface area contributed by atoms with Crippen molar-refractivity contribution < 1.29 is 0 Å². The zero-order chi connectivity index (χ0) is 22.0. The summed E-state index contributed by atoms with van der Waals surface area (Å²) in [7, 11) is 0.642. The van der Waals surface area contributed by atoms with E-state index in [0.29, 0.717) is 17.6 Å². The zero-order valence-electron chi connectivity index (χ0n) is 22.0. The van der Waals surface area contributed by atoms with E-state index in [9.17, 15) is 0 Å². The number of unbranched alkanes of at least 4 members (excludes halogenated alkanes) is 18. The minimum atomic E-state index is -0.237. The number of hydrogen-bond donors (Lipinski definition) is 0. The molecular weight excluding hydrogens is 409 g/mol. The van der Waals surface area contributed by atoms with E-state index in [2.05, 4.69) is 20.8 Å². The second kappa shape index (κ2) is 27.7. The largest absolute Gasteiger partial charge is 0.0654 e. The molecule has 0 aromatic heterocycles. The first kappa shape index (κ1) is 30.7. The third-order valence-electron chi connectivity index (χ3n) is 7.15. The lowest BCUT2D eigenvalue weighted by molar-refractivity contribution is 0.597. The highest BCUT2D eigenvalue weighted by atomic mass is 29.5. The van der Waals surface area contributed by atoms with E-state index in [-0.39, 0.29) is 8.31 Å². The topological polar surface area (TPSA) is 0 Å². The molecule has 0 fully saturated rings. The molecule has 0 unspecified atom stereocenters. The van der Waals surface area contributed by atoms with Crippen molar-refractivity contribution in [2.45, 2.75) is 174 Å². The van der Waals surface area contributed by atoms with Gasteiger partial charge in [0.15, 0.2) is 0 Å². The SMILES string of the molecule is CCCCCCCCC[SiH2][SiH2][SiH](CCCCCCCCC)CCCCCCCCC. The van der Waals surface area contributed by atoms with Crippen molar-refractivity contribution >= 4 is 25.9 Å². The van der Waals surface area contributed by atoms with Gasteiger partial charge in [0.25, 0.3) is 0 Å². The molecule has 0 atom stereocenters. The highest BCUT2D eigenvalue weighted by Gasteiger charge is 2.11. The molecule has 0 aromatic rings. The summed E-state index contributed by atoms with van der Waals surface area (Å²) < 4.78 is 0. The maximum atomic E-state index is 2.33. The molecule has 0 aliphatic carbocycles. The third-order valence-corrected chi connectivity index (χ3v) is 30.5. The van der Waals surface area contributed by atoms with Crippen molar-refractivity contribution in [1.82, 2.24) is 0 Å². The summed E-state index contributed by atoms with van der Waals surface area (Å²) in [6.45, 7) is 7.00. The molecule has 0 rings (SSSR count). The summed E-state index contributed by atoms with van der Waals surface area (Å²) in [5, 5.41) is 0. The molecule has 0 spiro atoms. The quantitative estimate of drug-likeness (QED) is 0.0876. The van der Waals surface area contributed by atoms with Crippen molar-refractivity contribution in [2.75, 3.05) is 0 Å². The van der Waals surface area contributed by atoms with Crippen LogP contribution in [0.1, 0.15) is 156 Å². The predicted molar refractivity (Wildman–Crippen MR) is 153 cm³/mol. The first-order chi connectivity index (χ1) is 14.8. The monoisotopic (exact) mass is 470 g/mol. The minimum absolute atomic E-state index is 0.237. The lowest BCUT2D eigenvalue weighted by Crippen LogP contribution is -2.27. The van der Waals surface area contributed by atoms with Crippen molar-refractivity contribution in [3.63, 3.8) is 0 Å². The van der Waals surface area contributed by atoms with Gasteiger partial charge in [-0.25, -0.2) is 0 Å². The molecule has 0 nitrogen and oxygen atoms in total. The predicted octanol–water partition coefficient (Wildman–Crippen LogP) is 8.63. The number of rotatable bonds is 26. The molecule has 0 N–H and O–H groups in total. The molecule has 0 saturated carbocycles. The van der Waals surface area contributed by atoms with E-state index in [4.69, 9.17) is 0 Å². The summed E-state index contributed by atoms with van der Waals surface area (Å²) in [6.07, 6.45) is 31.8. The summed E-state index contributed by atoms with van der Waals surface area (Å²) >= 11 is 0. The van der Waals surface area contributed by atoms with Crippen LogP contribution < -0.4 is 0 Å². The number of hydrogen-bond acceptors (Lipinski definition) is 0. The average Bonchev–Trinajstić information content (AvgIpc) is 2.76. The van der Waals surface area contributed by atoms with Crippen LogP contribution in [0.2, 0.25) is 18.1 Å². The fourth-order valence-electron chi connectivity index (χ4n) is 4.96. The van der Waals surface area contributed by atoms with Crippen LogP contribution >= 0.6 is 0 Å². The van der Waals surface area contributed by atoms with E-state index in [1.807, 2.05) is 0 Å². The Kier molecular flexibility index (Phi) is 28.3. The lowest BCUT2D eigenvalue weighted by atomic mass is 10.1. The lowest BCUT2D eigenvalue weighted by Gasteiger charge is -2.15. The van der Waals surface area contributed by atoms with Gasteiger partial charge in [-0.2, -0.15) is 0 Å². The van der Waals surface area contributed by atoms with Crippen LogP contribution in [-0.4, -0.2) is 25.9 Å². The summed E-state index contributed by atoms with van der Waals surface area (Å²) in [5.74, 6) is 0. The van der Waals surface area contributed by atoms with E-state index in [0.717, 1.165) is 0 Å². The first-order valence-electron chi connectivity index (χ1n) is 14.8. The molecule has 0 amide bonds. The second-order valence-electron chi connectivity index (χ2n) is 10.3. The van der Waals surface area contributed by atoms with E-state index in [1.165, 1.54) is 96.3 Å². The van der Waals surface area contributed by atoms with Gasteiger partial charge in [-0.05, 0) is 0 Å². The van der Waals surface area contributed by atoms with Crippen LogP contribution in [0.3, 0.4) is 0 Å². The second-order valence-corrected chi connectivity index (χ2v) is 27.7. The Morgan fingerprint density at radius 1 is 0.400 bits per heavy atom. The molecule has 182 valence electrons. The maximum absolute atomic E-state index is 2.33. The molecule has 0 heterocycles. The van der Waals surface area contributed by atoms with Gasteiger partial charge >= 0.3 is 0 Å². The fourth-order valence-corrected chi connectivity index (χ4v) is 29.2. The molecule has 3 heteroatoms. The van der Waals surface area contributed by atoms with Gasteiger partial charge in [-0.1, -0.05) is 174 Å². The van der Waals surface area contributed by atoms with Crippen LogP contribution in [0.15, 0.2) is 0 Å². The van der Waals surface area contributed by atoms with Crippen molar-refractivity contribution in [1.29, 1.82) is 0 Å². The molecule has 0 aromatic carbocycles. The summed E-state index contributed by atoms with van der Waals surface area (Å²) in [4.78, 5) is 0. The van der Waals surface area contributed by atoms with Gasteiger partial charge in [0, 0.05) is 25.9 Å². The van der Waals surface area contributed by atoms with Crippen molar-refractivity contribution in [3.8, 4) is 0 Å². The molecule has 30 heavy (non-hydrogen) atoms. The smallest absolute Gasteiger partial charge is 0.0210 e. The maximum Gasteiger partial charge on any atom is 0.0210 e. The standard InChI is InChI=1S/C27H62Si3/c1-4-7-10-13-16-19-22-25-28-29-30(26-23-20-17-14-11-8-5-2)27-24-21-18-15-12-9-6-3/h30H,4-29H2,1-3H3. The van der Waals surface area contributed by atoms with Crippen LogP contribution in [0.4, 0.5) is 0 Å². The highest BCUT2D eigenvalue weighted by molar-refractivity contribution is 7.35. The Balaban J connectivity index is 3.80. The Hall–Kier alpha value is 0.651. The van der Waals surface area contributed by atoms with Crippen LogP contribution in [0.5, 0.6) is 0 Å². The highest BCUT2D eigenvalue weighted by Crippen LogP contribution is 2.16. The average molecular weight is 471 g/mol. The minimum Gasteiger partial charge on any atom is -0.0654 e. The molecule has 0 aliphatic heterocycles. The van der Waals surface area contributed by atoms with Crippen LogP contribution in [0.25, 0.3) is 0 Å². The molecule has 0 radical (unpaired) electrons. The van der Waals surface area contributed by atoms with E-state index < -0.39 is 0 Å².